The number of rotatable bonds is 3. The number of hydrogen-bond acceptors (Lipinski definition) is 1. The normalized spacial score (nSPS) is 11.4. The fraction of sp³-hybridized carbons (Fsp3) is 0.0345. The van der Waals surface area contributed by atoms with Crippen molar-refractivity contribution in [3.05, 3.63) is 115 Å². The number of fused-ring (bicyclic) bond motifs is 4. The molecule has 2 nitrogen and oxygen atoms in total. The largest absolute Gasteiger partial charge is 0.345 e. The van der Waals surface area contributed by atoms with Crippen molar-refractivity contribution < 1.29 is 0 Å². The minimum Gasteiger partial charge on any atom is -0.345 e. The van der Waals surface area contributed by atoms with Gasteiger partial charge < -0.3 is 9.47 Å². The molecule has 0 aliphatic carbocycles. The number of hydrogen-bond donors (Lipinski definition) is 0. The fourth-order valence-corrected chi connectivity index (χ4v) is 4.56. The Labute approximate surface area is 181 Å². The smallest absolute Gasteiger partial charge is 0.0547 e. The lowest BCUT2D eigenvalue weighted by atomic mass is 10.1. The number of anilines is 2. The van der Waals surface area contributed by atoms with Gasteiger partial charge in [-0.3, -0.25) is 0 Å². The molecule has 0 spiro atoms. The van der Waals surface area contributed by atoms with Crippen molar-refractivity contribution in [3.63, 3.8) is 0 Å². The summed E-state index contributed by atoms with van der Waals surface area (Å²) in [6.07, 6.45) is 0. The second-order valence-electron chi connectivity index (χ2n) is 7.98. The van der Waals surface area contributed by atoms with Crippen LogP contribution in [0.4, 0.5) is 11.4 Å². The van der Waals surface area contributed by atoms with Crippen LogP contribution in [0.3, 0.4) is 0 Å². The van der Waals surface area contributed by atoms with Crippen LogP contribution in [-0.4, -0.2) is 11.6 Å². The lowest BCUT2D eigenvalue weighted by Crippen LogP contribution is -2.08. The molecule has 0 atom stereocenters. The minimum atomic E-state index is 1.18. The average Bonchev–Trinajstić information content (AvgIpc) is 3.15. The number of para-hydroxylation sites is 2. The molecule has 0 bridgehead atoms. The van der Waals surface area contributed by atoms with Gasteiger partial charge >= 0.3 is 0 Å². The third kappa shape index (κ3) is 2.88. The quantitative estimate of drug-likeness (QED) is 0.296. The topological polar surface area (TPSA) is 8.17 Å². The number of nitrogens with zero attached hydrogens (tertiary/aromatic N) is 2. The first-order valence-electron chi connectivity index (χ1n) is 10.6. The zero-order chi connectivity index (χ0) is 20.8. The lowest BCUT2D eigenvalue weighted by Gasteiger charge is -2.19. The van der Waals surface area contributed by atoms with Crippen LogP contribution in [-0.2, 0) is 0 Å². The van der Waals surface area contributed by atoms with Crippen molar-refractivity contribution in [3.8, 4) is 5.69 Å². The van der Waals surface area contributed by atoms with E-state index in [4.69, 9.17) is 0 Å². The first-order chi connectivity index (χ1) is 15.3. The average molecular weight is 399 g/mol. The predicted molar refractivity (Wildman–Crippen MR) is 133 cm³/mol. The van der Waals surface area contributed by atoms with Gasteiger partial charge in [-0.05, 0) is 65.4 Å². The molecule has 0 amide bonds. The molecule has 0 aliphatic heterocycles. The van der Waals surface area contributed by atoms with Crippen LogP contribution in [0.1, 0.15) is 0 Å². The summed E-state index contributed by atoms with van der Waals surface area (Å²) in [6.45, 7) is 0. The Morgan fingerprint density at radius 2 is 1.13 bits per heavy atom. The summed E-state index contributed by atoms with van der Waals surface area (Å²) in [5.41, 5.74) is 6.00. The second-order valence-corrected chi connectivity index (χ2v) is 7.98. The Morgan fingerprint density at radius 1 is 0.516 bits per heavy atom. The molecule has 0 aliphatic rings. The van der Waals surface area contributed by atoms with Gasteiger partial charge in [-0.1, -0.05) is 60.7 Å². The molecular weight excluding hydrogens is 376 g/mol. The van der Waals surface area contributed by atoms with Crippen LogP contribution in [0.2, 0.25) is 0 Å². The van der Waals surface area contributed by atoms with Crippen LogP contribution in [0.25, 0.3) is 38.3 Å². The Balaban J connectivity index is 1.67. The summed E-state index contributed by atoms with van der Waals surface area (Å²) in [7, 11) is 2.13. The predicted octanol–water partition coefficient (Wildman–Crippen LogP) is 7.70. The monoisotopic (exact) mass is 398 g/mol. The molecule has 0 saturated carbocycles. The molecule has 2 heteroatoms. The van der Waals surface area contributed by atoms with E-state index in [9.17, 15) is 0 Å². The first kappa shape index (κ1) is 17.8. The van der Waals surface area contributed by atoms with Crippen molar-refractivity contribution in [1.29, 1.82) is 0 Å². The summed E-state index contributed by atoms with van der Waals surface area (Å²) < 4.78 is 2.38. The molecule has 148 valence electrons. The summed E-state index contributed by atoms with van der Waals surface area (Å²) in [5, 5.41) is 5.08. The molecule has 6 rings (SSSR count). The van der Waals surface area contributed by atoms with Crippen molar-refractivity contribution in [2.45, 2.75) is 0 Å². The maximum absolute atomic E-state index is 2.38. The van der Waals surface area contributed by atoms with Gasteiger partial charge in [-0.2, -0.15) is 0 Å². The van der Waals surface area contributed by atoms with Crippen LogP contribution in [0, 0.1) is 0 Å². The molecule has 0 fully saturated rings. The van der Waals surface area contributed by atoms with Crippen molar-refractivity contribution in [1.82, 2.24) is 4.57 Å². The third-order valence-electron chi connectivity index (χ3n) is 6.16. The Bertz CT molecular complexity index is 1530. The minimum absolute atomic E-state index is 1.18. The van der Waals surface area contributed by atoms with E-state index in [0.717, 1.165) is 0 Å². The maximum atomic E-state index is 2.38. The van der Waals surface area contributed by atoms with E-state index in [1.807, 2.05) is 0 Å². The SMILES string of the molecule is CN(c1ccccc1)c1ccc2c(c1)c1cc3ccccc3cc1n2-c1ccccc1. The van der Waals surface area contributed by atoms with E-state index < -0.39 is 0 Å². The highest BCUT2D eigenvalue weighted by atomic mass is 15.1. The fourth-order valence-electron chi connectivity index (χ4n) is 4.56. The maximum Gasteiger partial charge on any atom is 0.0547 e. The van der Waals surface area contributed by atoms with Gasteiger partial charge in [0.05, 0.1) is 11.0 Å². The summed E-state index contributed by atoms with van der Waals surface area (Å²) in [5.74, 6) is 0. The van der Waals surface area contributed by atoms with E-state index in [-0.39, 0.29) is 0 Å². The van der Waals surface area contributed by atoms with E-state index in [1.54, 1.807) is 0 Å². The van der Waals surface area contributed by atoms with Crippen molar-refractivity contribution in [2.75, 3.05) is 11.9 Å². The Kier molecular flexibility index (Phi) is 4.03. The molecule has 0 unspecified atom stereocenters. The van der Waals surface area contributed by atoms with Gasteiger partial charge in [0, 0.05) is 34.9 Å². The van der Waals surface area contributed by atoms with Gasteiger partial charge in [0.15, 0.2) is 0 Å². The van der Waals surface area contributed by atoms with Crippen LogP contribution >= 0.6 is 0 Å². The molecule has 0 radical (unpaired) electrons. The summed E-state index contributed by atoms with van der Waals surface area (Å²) >= 11 is 0. The Hall–Kier alpha value is -4.04. The van der Waals surface area contributed by atoms with E-state index in [0.29, 0.717) is 0 Å². The Morgan fingerprint density at radius 3 is 1.87 bits per heavy atom. The van der Waals surface area contributed by atoms with Crippen LogP contribution in [0.5, 0.6) is 0 Å². The summed E-state index contributed by atoms with van der Waals surface area (Å²) in [4.78, 5) is 2.24. The zero-order valence-electron chi connectivity index (χ0n) is 17.4. The van der Waals surface area contributed by atoms with Gasteiger partial charge in [-0.25, -0.2) is 0 Å². The second kappa shape index (κ2) is 7.03. The summed E-state index contributed by atoms with van der Waals surface area (Å²) in [6, 6.07) is 41.2. The van der Waals surface area contributed by atoms with Gasteiger partial charge in [-0.15, -0.1) is 0 Å². The first-order valence-corrected chi connectivity index (χ1v) is 10.6. The van der Waals surface area contributed by atoms with E-state index in [1.165, 1.54) is 49.6 Å². The van der Waals surface area contributed by atoms with E-state index >= 15 is 0 Å². The van der Waals surface area contributed by atoms with Crippen LogP contribution < -0.4 is 4.90 Å². The molecule has 1 heterocycles. The van der Waals surface area contributed by atoms with Crippen molar-refractivity contribution >= 4 is 44.0 Å². The zero-order valence-corrected chi connectivity index (χ0v) is 17.4. The molecule has 1 aromatic heterocycles. The highest BCUT2D eigenvalue weighted by Crippen LogP contribution is 2.37. The third-order valence-corrected chi connectivity index (χ3v) is 6.16. The van der Waals surface area contributed by atoms with Gasteiger partial charge in [0.2, 0.25) is 0 Å². The highest BCUT2D eigenvalue weighted by molar-refractivity contribution is 6.14. The lowest BCUT2D eigenvalue weighted by molar-refractivity contribution is 1.18. The highest BCUT2D eigenvalue weighted by Gasteiger charge is 2.15. The molecule has 0 saturated heterocycles. The number of aromatic nitrogens is 1. The molecule has 6 aromatic rings. The molecular formula is C29H22N2. The van der Waals surface area contributed by atoms with E-state index in [2.05, 4.69) is 132 Å². The van der Waals surface area contributed by atoms with Crippen molar-refractivity contribution in [2.24, 2.45) is 0 Å². The van der Waals surface area contributed by atoms with Gasteiger partial charge in [0.1, 0.15) is 0 Å². The van der Waals surface area contributed by atoms with Gasteiger partial charge in [0.25, 0.3) is 0 Å². The molecule has 0 N–H and O–H groups in total. The standard InChI is InChI=1S/C29H22N2/c1-30(23-12-4-2-5-13-23)25-16-17-28-27(20-25)26-18-21-10-8-9-11-22(21)19-29(26)31(28)24-14-6-3-7-15-24/h2-20H,1H3. The molecule has 31 heavy (non-hydrogen) atoms. The number of benzene rings is 5. The molecule has 5 aromatic carbocycles. The van der Waals surface area contributed by atoms with Crippen LogP contribution in [0.15, 0.2) is 115 Å².